The molecule has 0 saturated carbocycles. The van der Waals surface area contributed by atoms with Gasteiger partial charge in [0, 0.05) is 6.26 Å². The van der Waals surface area contributed by atoms with Gasteiger partial charge in [-0.2, -0.15) is 0 Å². The average Bonchev–Trinajstić information content (AvgIpc) is 1.92. The number of aromatic hydroxyl groups is 1. The van der Waals surface area contributed by atoms with Crippen molar-refractivity contribution in [1.29, 1.82) is 0 Å². The minimum atomic E-state index is -3.20. The Labute approximate surface area is 71.6 Å². The van der Waals surface area contributed by atoms with Crippen LogP contribution in [0.1, 0.15) is 5.56 Å². The van der Waals surface area contributed by atoms with E-state index in [1.807, 2.05) is 0 Å². The van der Waals surface area contributed by atoms with E-state index in [4.69, 9.17) is 0 Å². The lowest BCUT2D eigenvalue weighted by Gasteiger charge is -2.01. The lowest BCUT2D eigenvalue weighted by Crippen LogP contribution is -1.96. The van der Waals surface area contributed by atoms with E-state index in [0.29, 0.717) is 5.56 Å². The molecule has 0 unspecified atom stereocenters. The molecule has 1 N–H and O–H groups in total. The summed E-state index contributed by atoms with van der Waals surface area (Å²) in [6.07, 6.45) is 1.11. The average molecular weight is 186 g/mol. The van der Waals surface area contributed by atoms with E-state index in [2.05, 4.69) is 0 Å². The molecule has 0 atom stereocenters. The Balaban J connectivity index is 3.33. The smallest absolute Gasteiger partial charge is 0.175 e. The van der Waals surface area contributed by atoms with E-state index in [0.717, 1.165) is 6.26 Å². The van der Waals surface area contributed by atoms with Gasteiger partial charge in [-0.05, 0) is 24.6 Å². The van der Waals surface area contributed by atoms with Crippen LogP contribution in [0.15, 0.2) is 23.1 Å². The van der Waals surface area contributed by atoms with Crippen molar-refractivity contribution >= 4 is 9.84 Å². The molecule has 0 aromatic heterocycles. The van der Waals surface area contributed by atoms with Crippen LogP contribution in [0, 0.1) is 6.92 Å². The summed E-state index contributed by atoms with van der Waals surface area (Å²) in [5, 5.41) is 9.20. The van der Waals surface area contributed by atoms with Gasteiger partial charge in [-0.3, -0.25) is 0 Å². The molecule has 0 bridgehead atoms. The van der Waals surface area contributed by atoms with Crippen LogP contribution in [-0.2, 0) is 9.84 Å². The van der Waals surface area contributed by atoms with E-state index in [9.17, 15) is 13.5 Å². The Kier molecular flexibility index (Phi) is 2.10. The van der Waals surface area contributed by atoms with E-state index in [1.54, 1.807) is 13.0 Å². The minimum Gasteiger partial charge on any atom is -0.508 e. The molecule has 0 radical (unpaired) electrons. The van der Waals surface area contributed by atoms with Crippen molar-refractivity contribution < 1.29 is 13.5 Å². The maximum Gasteiger partial charge on any atom is 0.175 e. The van der Waals surface area contributed by atoms with Crippen molar-refractivity contribution in [2.45, 2.75) is 11.8 Å². The first kappa shape index (κ1) is 9.06. The first-order chi connectivity index (χ1) is 5.41. The van der Waals surface area contributed by atoms with Crippen LogP contribution >= 0.6 is 0 Å². The molecular formula is C8H10O3S. The summed E-state index contributed by atoms with van der Waals surface area (Å²) >= 11 is 0. The number of hydrogen-bond acceptors (Lipinski definition) is 3. The summed E-state index contributed by atoms with van der Waals surface area (Å²) in [4.78, 5) is 0.144. The van der Waals surface area contributed by atoms with Crippen LogP contribution in [-0.4, -0.2) is 19.8 Å². The number of rotatable bonds is 1. The second-order valence-electron chi connectivity index (χ2n) is 2.72. The van der Waals surface area contributed by atoms with Crippen molar-refractivity contribution in [2.24, 2.45) is 0 Å². The molecule has 0 saturated heterocycles. The highest BCUT2D eigenvalue weighted by Gasteiger charge is 2.07. The van der Waals surface area contributed by atoms with Gasteiger partial charge >= 0.3 is 0 Å². The third-order valence-electron chi connectivity index (χ3n) is 1.61. The lowest BCUT2D eigenvalue weighted by molar-refractivity contribution is 0.469. The SMILES string of the molecule is Cc1ccc(S(C)(=O)=O)cc1O. The zero-order chi connectivity index (χ0) is 9.35. The van der Waals surface area contributed by atoms with Crippen LogP contribution in [0.2, 0.25) is 0 Å². The molecule has 1 rings (SSSR count). The molecule has 4 heteroatoms. The lowest BCUT2D eigenvalue weighted by atomic mass is 10.2. The molecule has 0 amide bonds. The third-order valence-corrected chi connectivity index (χ3v) is 2.72. The molecule has 0 fully saturated rings. The fourth-order valence-corrected chi connectivity index (χ4v) is 1.46. The largest absolute Gasteiger partial charge is 0.508 e. The monoisotopic (exact) mass is 186 g/mol. The van der Waals surface area contributed by atoms with Crippen molar-refractivity contribution in [1.82, 2.24) is 0 Å². The van der Waals surface area contributed by atoms with Crippen LogP contribution < -0.4 is 0 Å². The van der Waals surface area contributed by atoms with Crippen LogP contribution in [0.3, 0.4) is 0 Å². The molecule has 0 spiro atoms. The first-order valence-corrected chi connectivity index (χ1v) is 5.30. The number of hydrogen-bond donors (Lipinski definition) is 1. The number of benzene rings is 1. The first-order valence-electron chi connectivity index (χ1n) is 3.41. The van der Waals surface area contributed by atoms with Gasteiger partial charge in [-0.15, -0.1) is 0 Å². The van der Waals surface area contributed by atoms with Gasteiger partial charge < -0.3 is 5.11 Å². The molecule has 1 aromatic carbocycles. The van der Waals surface area contributed by atoms with E-state index in [-0.39, 0.29) is 10.6 Å². The highest BCUT2D eigenvalue weighted by atomic mass is 32.2. The molecule has 0 heterocycles. The van der Waals surface area contributed by atoms with Crippen molar-refractivity contribution in [2.75, 3.05) is 6.26 Å². The quantitative estimate of drug-likeness (QED) is 0.714. The summed E-state index contributed by atoms with van der Waals surface area (Å²) in [5.74, 6) is 0.0120. The standard InChI is InChI=1S/C8H10O3S/c1-6-3-4-7(5-8(6)9)12(2,10)11/h3-5,9H,1-2H3. The molecule has 0 aliphatic carbocycles. The Morgan fingerprint density at radius 2 is 1.92 bits per heavy atom. The van der Waals surface area contributed by atoms with Gasteiger partial charge in [0.15, 0.2) is 9.84 Å². The van der Waals surface area contributed by atoms with Gasteiger partial charge in [0.25, 0.3) is 0 Å². The summed E-state index contributed by atoms with van der Waals surface area (Å²) in [5.41, 5.74) is 0.669. The van der Waals surface area contributed by atoms with Crippen LogP contribution in [0.25, 0.3) is 0 Å². The minimum absolute atomic E-state index is 0.0120. The van der Waals surface area contributed by atoms with Crippen LogP contribution in [0.4, 0.5) is 0 Å². The predicted molar refractivity (Wildman–Crippen MR) is 46.0 cm³/mol. The summed E-state index contributed by atoms with van der Waals surface area (Å²) < 4.78 is 22.0. The summed E-state index contributed by atoms with van der Waals surface area (Å²) in [7, 11) is -3.20. The normalized spacial score (nSPS) is 11.5. The predicted octanol–water partition coefficient (Wildman–Crippen LogP) is 1.10. The highest BCUT2D eigenvalue weighted by molar-refractivity contribution is 7.90. The Morgan fingerprint density at radius 3 is 2.33 bits per heavy atom. The van der Waals surface area contributed by atoms with Crippen molar-refractivity contribution in [3.8, 4) is 5.75 Å². The molecule has 0 aliphatic rings. The van der Waals surface area contributed by atoms with Gasteiger partial charge in [0.05, 0.1) is 4.90 Å². The third kappa shape index (κ3) is 1.76. The van der Waals surface area contributed by atoms with E-state index >= 15 is 0 Å². The number of phenols is 1. The Morgan fingerprint density at radius 1 is 1.33 bits per heavy atom. The second-order valence-corrected chi connectivity index (χ2v) is 4.74. The number of sulfone groups is 1. The number of phenolic OH excluding ortho intramolecular Hbond substituents is 1. The van der Waals surface area contributed by atoms with Gasteiger partial charge in [0.1, 0.15) is 5.75 Å². The maximum atomic E-state index is 11.0. The van der Waals surface area contributed by atoms with Gasteiger partial charge in [0.2, 0.25) is 0 Å². The molecule has 66 valence electrons. The fraction of sp³-hybridized carbons (Fsp3) is 0.250. The highest BCUT2D eigenvalue weighted by Crippen LogP contribution is 2.20. The van der Waals surface area contributed by atoms with Crippen molar-refractivity contribution in [3.05, 3.63) is 23.8 Å². The van der Waals surface area contributed by atoms with Crippen molar-refractivity contribution in [3.63, 3.8) is 0 Å². The summed E-state index contributed by atoms with van der Waals surface area (Å²) in [6, 6.07) is 4.31. The Bertz CT molecular complexity index is 393. The summed E-state index contributed by atoms with van der Waals surface area (Å²) in [6.45, 7) is 1.71. The van der Waals surface area contributed by atoms with E-state index < -0.39 is 9.84 Å². The molecule has 0 aliphatic heterocycles. The molecule has 1 aromatic rings. The topological polar surface area (TPSA) is 54.4 Å². The maximum absolute atomic E-state index is 11.0. The fourth-order valence-electron chi connectivity index (χ4n) is 0.820. The zero-order valence-electron chi connectivity index (χ0n) is 6.90. The molecular weight excluding hydrogens is 176 g/mol. The second kappa shape index (κ2) is 2.79. The Hall–Kier alpha value is -1.03. The molecule has 12 heavy (non-hydrogen) atoms. The zero-order valence-corrected chi connectivity index (χ0v) is 7.72. The molecule has 3 nitrogen and oxygen atoms in total. The van der Waals surface area contributed by atoms with Crippen LogP contribution in [0.5, 0.6) is 5.75 Å². The van der Waals surface area contributed by atoms with Gasteiger partial charge in [-0.25, -0.2) is 8.42 Å². The van der Waals surface area contributed by atoms with E-state index in [1.165, 1.54) is 12.1 Å². The number of aryl methyl sites for hydroxylation is 1. The van der Waals surface area contributed by atoms with Gasteiger partial charge in [-0.1, -0.05) is 6.07 Å².